The highest BCUT2D eigenvalue weighted by Crippen LogP contribution is 2.57. The molecule has 2 aliphatic carbocycles. The third-order valence-corrected chi connectivity index (χ3v) is 7.26. The Bertz CT molecular complexity index is 1010. The summed E-state index contributed by atoms with van der Waals surface area (Å²) in [5.74, 6) is -0.0309. The summed E-state index contributed by atoms with van der Waals surface area (Å²) in [5.41, 5.74) is 4.48. The number of hydrogen-bond donors (Lipinski definition) is 1. The van der Waals surface area contributed by atoms with Crippen molar-refractivity contribution in [2.24, 2.45) is 11.3 Å². The second kappa shape index (κ2) is 6.14. The van der Waals surface area contributed by atoms with E-state index in [1.54, 1.807) is 23.5 Å². The van der Waals surface area contributed by atoms with Crippen LogP contribution in [0, 0.1) is 17.2 Å². The summed E-state index contributed by atoms with van der Waals surface area (Å²) in [4.78, 5) is 1.05. The molecule has 3 atom stereocenters. The molecule has 138 valence electrons. The van der Waals surface area contributed by atoms with Gasteiger partial charge in [-0.15, -0.1) is 11.3 Å². The molecule has 27 heavy (non-hydrogen) atoms. The summed E-state index contributed by atoms with van der Waals surface area (Å²) in [7, 11) is 0. The molecule has 2 heterocycles. The quantitative estimate of drug-likeness (QED) is 0.681. The lowest BCUT2D eigenvalue weighted by Crippen LogP contribution is -2.32. The van der Waals surface area contributed by atoms with Gasteiger partial charge in [0.15, 0.2) is 0 Å². The number of rotatable bonds is 3. The van der Waals surface area contributed by atoms with Crippen LogP contribution < -0.4 is 0 Å². The predicted octanol–water partition coefficient (Wildman–Crippen LogP) is 5.16. The molecule has 5 heteroatoms. The van der Waals surface area contributed by atoms with E-state index in [4.69, 9.17) is 0 Å². The third kappa shape index (κ3) is 2.60. The SMILES string of the molecule is C[C@]12Cc3cnn(-c4ccc(F)cc4)c3C=C1CC[C@@H]2[C@@H](O)c1cccs1. The van der Waals surface area contributed by atoms with Gasteiger partial charge in [0.2, 0.25) is 0 Å². The molecular formula is C22H21FN2OS. The van der Waals surface area contributed by atoms with Crippen molar-refractivity contribution in [1.29, 1.82) is 0 Å². The molecule has 3 nitrogen and oxygen atoms in total. The Morgan fingerprint density at radius 3 is 2.85 bits per heavy atom. The number of aromatic nitrogens is 2. The highest BCUT2D eigenvalue weighted by Gasteiger charge is 2.48. The third-order valence-electron chi connectivity index (χ3n) is 6.32. The van der Waals surface area contributed by atoms with Crippen LogP contribution >= 0.6 is 11.3 Å². The minimum Gasteiger partial charge on any atom is -0.387 e. The first kappa shape index (κ1) is 16.9. The van der Waals surface area contributed by atoms with Crippen molar-refractivity contribution in [2.45, 2.75) is 32.3 Å². The Balaban J connectivity index is 1.52. The van der Waals surface area contributed by atoms with Crippen molar-refractivity contribution in [1.82, 2.24) is 9.78 Å². The molecular weight excluding hydrogens is 359 g/mol. The van der Waals surface area contributed by atoms with Crippen molar-refractivity contribution in [3.8, 4) is 5.69 Å². The van der Waals surface area contributed by atoms with Gasteiger partial charge < -0.3 is 5.11 Å². The lowest BCUT2D eigenvalue weighted by atomic mass is 9.68. The molecule has 0 saturated heterocycles. The maximum atomic E-state index is 13.3. The number of fused-ring (bicyclic) bond motifs is 2. The van der Waals surface area contributed by atoms with Crippen LogP contribution in [0.15, 0.2) is 53.5 Å². The van der Waals surface area contributed by atoms with Gasteiger partial charge in [-0.3, -0.25) is 0 Å². The topological polar surface area (TPSA) is 38.0 Å². The Kier molecular flexibility index (Phi) is 3.85. The summed E-state index contributed by atoms with van der Waals surface area (Å²) in [6.45, 7) is 2.28. The smallest absolute Gasteiger partial charge is 0.123 e. The van der Waals surface area contributed by atoms with Crippen LogP contribution in [0.4, 0.5) is 4.39 Å². The van der Waals surface area contributed by atoms with E-state index in [1.165, 1.54) is 23.3 Å². The number of aliphatic hydroxyl groups is 1. The Hall–Kier alpha value is -2.24. The molecule has 0 amide bonds. The second-order valence-corrected chi connectivity index (χ2v) is 8.79. The summed E-state index contributed by atoms with van der Waals surface area (Å²) in [6.07, 6.45) is 6.62. The van der Waals surface area contributed by atoms with Gasteiger partial charge in [-0.1, -0.05) is 18.6 Å². The number of nitrogens with zero attached hydrogens (tertiary/aromatic N) is 2. The van der Waals surface area contributed by atoms with Gasteiger partial charge in [-0.25, -0.2) is 9.07 Å². The van der Waals surface area contributed by atoms with E-state index in [0.29, 0.717) is 0 Å². The van der Waals surface area contributed by atoms with E-state index in [0.717, 1.165) is 35.5 Å². The van der Waals surface area contributed by atoms with E-state index in [-0.39, 0.29) is 17.2 Å². The first-order valence-electron chi connectivity index (χ1n) is 9.31. The van der Waals surface area contributed by atoms with Crippen LogP contribution in [-0.4, -0.2) is 14.9 Å². The molecule has 2 aromatic heterocycles. The van der Waals surface area contributed by atoms with Gasteiger partial charge >= 0.3 is 0 Å². The maximum Gasteiger partial charge on any atom is 0.123 e. The monoisotopic (exact) mass is 380 g/mol. The van der Waals surface area contributed by atoms with E-state index in [1.807, 2.05) is 28.4 Å². The Morgan fingerprint density at radius 1 is 1.30 bits per heavy atom. The number of thiophene rings is 1. The van der Waals surface area contributed by atoms with Gasteiger partial charge in [0.1, 0.15) is 5.82 Å². The van der Waals surface area contributed by atoms with Crippen molar-refractivity contribution in [2.75, 3.05) is 0 Å². The van der Waals surface area contributed by atoms with Gasteiger partial charge in [0.25, 0.3) is 0 Å². The zero-order valence-corrected chi connectivity index (χ0v) is 15.9. The largest absolute Gasteiger partial charge is 0.387 e. The molecule has 3 aromatic rings. The fraction of sp³-hybridized carbons (Fsp3) is 0.318. The number of hydrogen-bond acceptors (Lipinski definition) is 3. The molecule has 0 unspecified atom stereocenters. The van der Waals surface area contributed by atoms with Crippen molar-refractivity contribution in [3.63, 3.8) is 0 Å². The van der Waals surface area contributed by atoms with Crippen molar-refractivity contribution < 1.29 is 9.50 Å². The van der Waals surface area contributed by atoms with Crippen LogP contribution in [0.25, 0.3) is 11.8 Å². The summed E-state index contributed by atoms with van der Waals surface area (Å²) < 4.78 is 15.2. The molecule has 1 N–H and O–H groups in total. The summed E-state index contributed by atoms with van der Waals surface area (Å²) >= 11 is 1.63. The molecule has 0 radical (unpaired) electrons. The summed E-state index contributed by atoms with van der Waals surface area (Å²) in [5, 5.41) is 17.6. The lowest BCUT2D eigenvalue weighted by molar-refractivity contribution is 0.0583. The summed E-state index contributed by atoms with van der Waals surface area (Å²) in [6, 6.07) is 10.5. The minimum absolute atomic E-state index is 0.0485. The number of benzene rings is 1. The van der Waals surface area contributed by atoms with Crippen LogP contribution in [0.3, 0.4) is 0 Å². The van der Waals surface area contributed by atoms with Crippen molar-refractivity contribution >= 4 is 17.4 Å². The zero-order chi connectivity index (χ0) is 18.6. The first-order chi connectivity index (χ1) is 13.1. The van der Waals surface area contributed by atoms with E-state index >= 15 is 0 Å². The molecule has 0 bridgehead atoms. The highest BCUT2D eigenvalue weighted by molar-refractivity contribution is 7.10. The molecule has 1 fully saturated rings. The average Bonchev–Trinajstić information content (AvgIpc) is 3.38. The van der Waals surface area contributed by atoms with E-state index in [2.05, 4.69) is 18.1 Å². The highest BCUT2D eigenvalue weighted by atomic mass is 32.1. The van der Waals surface area contributed by atoms with Gasteiger partial charge in [0, 0.05) is 4.88 Å². The Labute approximate surface area is 161 Å². The van der Waals surface area contributed by atoms with E-state index < -0.39 is 6.10 Å². The van der Waals surface area contributed by atoms with Crippen LogP contribution in [0.1, 0.15) is 42.0 Å². The number of aliphatic hydroxyl groups excluding tert-OH is 1. The molecule has 0 aliphatic heterocycles. The zero-order valence-electron chi connectivity index (χ0n) is 15.1. The van der Waals surface area contributed by atoms with E-state index in [9.17, 15) is 9.50 Å². The van der Waals surface area contributed by atoms with Crippen molar-refractivity contribution in [3.05, 3.63) is 75.5 Å². The Morgan fingerprint density at radius 2 is 2.11 bits per heavy atom. The predicted molar refractivity (Wildman–Crippen MR) is 105 cm³/mol. The standard InChI is InChI=1S/C22H21FN2OS/c1-22-12-14-13-24-25(17-7-5-16(23)6-8-17)19(14)11-15(22)4-9-18(22)21(26)20-3-2-10-27-20/h2-3,5-8,10-11,13,18,21,26H,4,9,12H2,1H3/t18-,21-,22+/m1/s1. The normalized spacial score (nSPS) is 25.0. The molecule has 1 aromatic carbocycles. The van der Waals surface area contributed by atoms with Crippen LogP contribution in [0.5, 0.6) is 0 Å². The first-order valence-corrected chi connectivity index (χ1v) is 10.2. The average molecular weight is 380 g/mol. The van der Waals surface area contributed by atoms with Gasteiger partial charge in [0.05, 0.1) is 23.7 Å². The molecule has 5 rings (SSSR count). The van der Waals surface area contributed by atoms with Crippen LogP contribution in [-0.2, 0) is 6.42 Å². The second-order valence-electron chi connectivity index (χ2n) is 7.81. The number of halogens is 1. The van der Waals surface area contributed by atoms with Gasteiger partial charge in [-0.05, 0) is 77.9 Å². The minimum atomic E-state index is -0.422. The maximum absolute atomic E-state index is 13.3. The molecule has 2 aliphatic rings. The molecule has 0 spiro atoms. The van der Waals surface area contributed by atoms with Crippen LogP contribution in [0.2, 0.25) is 0 Å². The number of allylic oxidation sites excluding steroid dienone is 1. The fourth-order valence-corrected chi connectivity index (χ4v) is 5.60. The van der Waals surface area contributed by atoms with Gasteiger partial charge in [-0.2, -0.15) is 5.10 Å². The fourth-order valence-electron chi connectivity index (χ4n) is 4.83. The lowest BCUT2D eigenvalue weighted by Gasteiger charge is -2.38. The molecule has 1 saturated carbocycles.